The number of hydrogen-bond donors (Lipinski definition) is 1. The van der Waals surface area contributed by atoms with Gasteiger partial charge in [0, 0.05) is 17.7 Å². The fraction of sp³-hybridized carbons (Fsp3) is 0.174. The second-order valence-corrected chi connectivity index (χ2v) is 9.59. The van der Waals surface area contributed by atoms with Gasteiger partial charge in [-0.15, -0.1) is 0 Å². The first-order chi connectivity index (χ1) is 16.1. The van der Waals surface area contributed by atoms with E-state index in [1.54, 1.807) is 24.3 Å². The Bertz CT molecular complexity index is 1270. The number of carbonyl (C=O) groups excluding carboxylic acids is 1. The van der Waals surface area contributed by atoms with E-state index < -0.39 is 14.9 Å². The minimum Gasteiger partial charge on any atom is -0.492 e. The predicted octanol–water partition coefficient (Wildman–Crippen LogP) is 4.02. The van der Waals surface area contributed by atoms with Crippen LogP contribution in [0.3, 0.4) is 0 Å². The maximum atomic E-state index is 12.4. The molecule has 1 N–H and O–H groups in total. The Morgan fingerprint density at radius 3 is 2.38 bits per heavy atom. The number of nitro groups is 1. The number of hydrogen-bond acceptors (Lipinski definition) is 6. The summed E-state index contributed by atoms with van der Waals surface area (Å²) in [5.41, 5.74) is 0.676. The average molecular weight is 504 g/mol. The van der Waals surface area contributed by atoms with Crippen LogP contribution in [0.25, 0.3) is 0 Å². The van der Waals surface area contributed by atoms with E-state index in [-0.39, 0.29) is 28.8 Å². The van der Waals surface area contributed by atoms with Gasteiger partial charge in [0.25, 0.3) is 11.6 Å². The Kier molecular flexibility index (Phi) is 8.08. The molecule has 3 rings (SSSR count). The summed E-state index contributed by atoms with van der Waals surface area (Å²) >= 11 is 6.14. The standard InChI is InChI=1S/C23H22ClN3O6S/c1-34(31,32)26(22-15-19(27(29)30)11-12-21(22)24)16-17-7-9-18(10-8-17)23(28)25-13-14-33-20-5-3-2-4-6-20/h2-12,15H,13-14,16H2,1H3,(H,25,28). The van der Waals surface area contributed by atoms with Crippen molar-refractivity contribution in [2.75, 3.05) is 23.7 Å². The third kappa shape index (κ3) is 6.69. The minimum atomic E-state index is -3.81. The van der Waals surface area contributed by atoms with Gasteiger partial charge in [-0.05, 0) is 35.9 Å². The monoisotopic (exact) mass is 503 g/mol. The van der Waals surface area contributed by atoms with Crippen LogP contribution in [-0.2, 0) is 16.6 Å². The normalized spacial score (nSPS) is 11.0. The molecule has 0 fully saturated rings. The highest BCUT2D eigenvalue weighted by molar-refractivity contribution is 7.92. The Balaban J connectivity index is 1.66. The zero-order valence-electron chi connectivity index (χ0n) is 18.2. The number of nitro benzene ring substituents is 1. The number of halogens is 1. The lowest BCUT2D eigenvalue weighted by atomic mass is 10.1. The lowest BCUT2D eigenvalue weighted by Gasteiger charge is -2.23. The third-order valence-electron chi connectivity index (χ3n) is 4.75. The predicted molar refractivity (Wildman–Crippen MR) is 130 cm³/mol. The van der Waals surface area contributed by atoms with Gasteiger partial charge in [-0.2, -0.15) is 0 Å². The second-order valence-electron chi connectivity index (χ2n) is 7.28. The van der Waals surface area contributed by atoms with E-state index in [1.807, 2.05) is 30.3 Å². The summed E-state index contributed by atoms with van der Waals surface area (Å²) in [4.78, 5) is 22.8. The van der Waals surface area contributed by atoms with Gasteiger partial charge in [0.2, 0.25) is 10.0 Å². The molecule has 0 aromatic heterocycles. The molecule has 1 amide bonds. The van der Waals surface area contributed by atoms with Crippen molar-refractivity contribution >= 4 is 38.9 Å². The molecular formula is C23H22ClN3O6S. The van der Waals surface area contributed by atoms with Gasteiger partial charge in [0.15, 0.2) is 0 Å². The molecule has 3 aromatic rings. The molecule has 9 nitrogen and oxygen atoms in total. The topological polar surface area (TPSA) is 119 Å². The SMILES string of the molecule is CS(=O)(=O)N(Cc1ccc(C(=O)NCCOc2ccccc2)cc1)c1cc([N+](=O)[O-])ccc1Cl. The van der Waals surface area contributed by atoms with Gasteiger partial charge in [0.1, 0.15) is 12.4 Å². The minimum absolute atomic E-state index is 0.00129. The highest BCUT2D eigenvalue weighted by atomic mass is 35.5. The lowest BCUT2D eigenvalue weighted by Crippen LogP contribution is -2.30. The molecular weight excluding hydrogens is 482 g/mol. The highest BCUT2D eigenvalue weighted by Gasteiger charge is 2.23. The molecule has 0 atom stereocenters. The number of sulfonamides is 1. The number of benzene rings is 3. The first kappa shape index (κ1) is 25.0. The maximum Gasteiger partial charge on any atom is 0.271 e. The van der Waals surface area contributed by atoms with Crippen LogP contribution < -0.4 is 14.4 Å². The Labute approximate surface area is 202 Å². The van der Waals surface area contributed by atoms with Crippen LogP contribution in [-0.4, -0.2) is 38.7 Å². The fourth-order valence-electron chi connectivity index (χ4n) is 3.07. The van der Waals surface area contributed by atoms with Crippen molar-refractivity contribution in [1.82, 2.24) is 5.32 Å². The molecule has 34 heavy (non-hydrogen) atoms. The first-order valence-corrected chi connectivity index (χ1v) is 12.3. The molecule has 0 aliphatic heterocycles. The molecule has 0 aliphatic carbocycles. The van der Waals surface area contributed by atoms with E-state index in [0.29, 0.717) is 30.0 Å². The summed E-state index contributed by atoms with van der Waals surface area (Å²) in [6.45, 7) is 0.496. The molecule has 0 saturated heterocycles. The van der Waals surface area contributed by atoms with E-state index in [2.05, 4.69) is 5.32 Å². The van der Waals surface area contributed by atoms with Crippen LogP contribution >= 0.6 is 11.6 Å². The van der Waals surface area contributed by atoms with Crippen LogP contribution in [0.15, 0.2) is 72.8 Å². The summed E-state index contributed by atoms with van der Waals surface area (Å²) < 4.78 is 31.3. The van der Waals surface area contributed by atoms with Gasteiger partial charge < -0.3 is 10.1 Å². The summed E-state index contributed by atoms with van der Waals surface area (Å²) in [5, 5.41) is 13.9. The van der Waals surface area contributed by atoms with Gasteiger partial charge in [-0.25, -0.2) is 8.42 Å². The molecule has 0 bridgehead atoms. The molecule has 0 spiro atoms. The van der Waals surface area contributed by atoms with Crippen molar-refractivity contribution in [2.45, 2.75) is 6.54 Å². The number of non-ortho nitro benzene ring substituents is 1. The van der Waals surface area contributed by atoms with Gasteiger partial charge in [0.05, 0.1) is 35.0 Å². The quantitative estimate of drug-likeness (QED) is 0.253. The van der Waals surface area contributed by atoms with Gasteiger partial charge in [-0.3, -0.25) is 19.2 Å². The molecule has 0 saturated carbocycles. The van der Waals surface area contributed by atoms with Crippen LogP contribution in [0, 0.1) is 10.1 Å². The van der Waals surface area contributed by atoms with Crippen molar-refractivity contribution in [1.29, 1.82) is 0 Å². The maximum absolute atomic E-state index is 12.4. The molecule has 178 valence electrons. The zero-order valence-corrected chi connectivity index (χ0v) is 19.8. The number of nitrogens with zero attached hydrogens (tertiary/aromatic N) is 2. The van der Waals surface area contributed by atoms with Gasteiger partial charge in [-0.1, -0.05) is 41.9 Å². The van der Waals surface area contributed by atoms with Crippen molar-refractivity contribution in [3.8, 4) is 5.75 Å². The smallest absolute Gasteiger partial charge is 0.271 e. The largest absolute Gasteiger partial charge is 0.492 e. The Morgan fingerprint density at radius 1 is 1.09 bits per heavy atom. The second kappa shape index (κ2) is 11.0. The van der Waals surface area contributed by atoms with Crippen LogP contribution in [0.5, 0.6) is 5.75 Å². The number of anilines is 1. The molecule has 0 heterocycles. The first-order valence-electron chi connectivity index (χ1n) is 10.1. The fourth-order valence-corrected chi connectivity index (χ4v) is 4.23. The number of para-hydroxylation sites is 1. The van der Waals surface area contributed by atoms with E-state index in [9.17, 15) is 23.3 Å². The molecule has 3 aromatic carbocycles. The van der Waals surface area contributed by atoms with E-state index in [1.165, 1.54) is 12.1 Å². The van der Waals surface area contributed by atoms with Crippen molar-refractivity contribution in [2.24, 2.45) is 0 Å². The Hall–Kier alpha value is -3.63. The molecule has 0 aliphatic rings. The summed E-state index contributed by atoms with van der Waals surface area (Å²) in [7, 11) is -3.81. The number of nitrogens with one attached hydrogen (secondary N) is 1. The average Bonchev–Trinajstić information content (AvgIpc) is 2.81. The summed E-state index contributed by atoms with van der Waals surface area (Å²) in [6, 6.07) is 19.2. The van der Waals surface area contributed by atoms with Crippen molar-refractivity contribution < 1.29 is 22.9 Å². The number of rotatable bonds is 10. The third-order valence-corrected chi connectivity index (χ3v) is 6.20. The lowest BCUT2D eigenvalue weighted by molar-refractivity contribution is -0.384. The van der Waals surface area contributed by atoms with Crippen LogP contribution in [0.4, 0.5) is 11.4 Å². The number of carbonyl (C=O) groups is 1. The number of ether oxygens (including phenoxy) is 1. The highest BCUT2D eigenvalue weighted by Crippen LogP contribution is 2.32. The van der Waals surface area contributed by atoms with E-state index in [0.717, 1.165) is 16.6 Å². The molecule has 11 heteroatoms. The summed E-state index contributed by atoms with van der Waals surface area (Å²) in [6.07, 6.45) is 0.988. The van der Waals surface area contributed by atoms with Crippen molar-refractivity contribution in [3.05, 3.63) is 99.1 Å². The van der Waals surface area contributed by atoms with Crippen LogP contribution in [0.2, 0.25) is 5.02 Å². The van der Waals surface area contributed by atoms with Crippen molar-refractivity contribution in [3.63, 3.8) is 0 Å². The van der Waals surface area contributed by atoms with E-state index >= 15 is 0 Å². The van der Waals surface area contributed by atoms with Gasteiger partial charge >= 0.3 is 0 Å². The number of amides is 1. The summed E-state index contributed by atoms with van der Waals surface area (Å²) in [5.74, 6) is 0.408. The zero-order chi connectivity index (χ0) is 24.7. The molecule has 0 radical (unpaired) electrons. The molecule has 0 unspecified atom stereocenters. The Morgan fingerprint density at radius 2 is 1.76 bits per heavy atom. The van der Waals surface area contributed by atoms with Crippen LogP contribution in [0.1, 0.15) is 15.9 Å². The van der Waals surface area contributed by atoms with E-state index in [4.69, 9.17) is 16.3 Å².